The van der Waals surface area contributed by atoms with Crippen molar-refractivity contribution < 1.29 is 9.84 Å². The molecule has 1 atom stereocenters. The molecule has 0 aliphatic heterocycles. The van der Waals surface area contributed by atoms with Crippen molar-refractivity contribution in [3.8, 4) is 5.75 Å². The third-order valence-corrected chi connectivity index (χ3v) is 3.38. The van der Waals surface area contributed by atoms with Crippen LogP contribution in [0.4, 0.5) is 0 Å². The van der Waals surface area contributed by atoms with E-state index in [1.54, 1.807) is 6.92 Å². The fraction of sp³-hybridized carbons (Fsp3) is 0.538. The predicted octanol–water partition coefficient (Wildman–Crippen LogP) is 2.33. The van der Waals surface area contributed by atoms with Gasteiger partial charge in [-0.15, -0.1) is 0 Å². The van der Waals surface area contributed by atoms with E-state index < -0.39 is 5.60 Å². The highest BCUT2D eigenvalue weighted by Crippen LogP contribution is 2.25. The first-order valence-corrected chi connectivity index (χ1v) is 6.69. The van der Waals surface area contributed by atoms with Gasteiger partial charge in [-0.3, -0.25) is 0 Å². The van der Waals surface area contributed by atoms with Crippen molar-refractivity contribution in [3.05, 3.63) is 28.7 Å². The quantitative estimate of drug-likeness (QED) is 0.847. The van der Waals surface area contributed by atoms with Crippen LogP contribution in [0.2, 0.25) is 0 Å². The lowest BCUT2D eigenvalue weighted by molar-refractivity contribution is 0.0118. The number of para-hydroxylation sites is 1. The van der Waals surface area contributed by atoms with Crippen molar-refractivity contribution in [3.63, 3.8) is 0 Å². The van der Waals surface area contributed by atoms with Crippen LogP contribution in [0.15, 0.2) is 28.7 Å². The van der Waals surface area contributed by atoms with Gasteiger partial charge in [0, 0.05) is 12.6 Å². The summed E-state index contributed by atoms with van der Waals surface area (Å²) in [6.45, 7) is 2.65. The number of nitrogens with one attached hydrogen (secondary N) is 1. The number of rotatable bonds is 6. The van der Waals surface area contributed by atoms with E-state index in [0.29, 0.717) is 12.6 Å². The van der Waals surface area contributed by atoms with E-state index in [1.165, 1.54) is 12.8 Å². The fourth-order valence-corrected chi connectivity index (χ4v) is 1.90. The van der Waals surface area contributed by atoms with E-state index in [0.717, 1.165) is 10.2 Å². The van der Waals surface area contributed by atoms with E-state index in [1.807, 2.05) is 24.3 Å². The number of halogens is 1. The van der Waals surface area contributed by atoms with Gasteiger partial charge >= 0.3 is 0 Å². The van der Waals surface area contributed by atoms with Gasteiger partial charge in [-0.2, -0.15) is 0 Å². The first-order valence-electron chi connectivity index (χ1n) is 5.90. The zero-order valence-electron chi connectivity index (χ0n) is 9.95. The molecule has 1 aromatic carbocycles. The highest BCUT2D eigenvalue weighted by molar-refractivity contribution is 9.10. The molecule has 0 aromatic heterocycles. The monoisotopic (exact) mass is 299 g/mol. The van der Waals surface area contributed by atoms with Gasteiger partial charge in [-0.25, -0.2) is 0 Å². The van der Waals surface area contributed by atoms with E-state index in [9.17, 15) is 5.11 Å². The van der Waals surface area contributed by atoms with Crippen molar-refractivity contribution in [1.29, 1.82) is 0 Å². The standard InChI is InChI=1S/C13H18BrNO2/c1-13(16,8-15-10-6-7-10)9-17-12-5-3-2-4-11(12)14/h2-5,10,15-16H,6-9H2,1H3. The molecule has 0 heterocycles. The van der Waals surface area contributed by atoms with E-state index >= 15 is 0 Å². The molecule has 1 aromatic rings. The summed E-state index contributed by atoms with van der Waals surface area (Å²) in [6, 6.07) is 8.26. The van der Waals surface area contributed by atoms with Crippen LogP contribution in [0.3, 0.4) is 0 Å². The van der Waals surface area contributed by atoms with Gasteiger partial charge in [0.05, 0.1) is 4.47 Å². The van der Waals surface area contributed by atoms with E-state index in [2.05, 4.69) is 21.2 Å². The molecule has 1 unspecified atom stereocenters. The highest BCUT2D eigenvalue weighted by atomic mass is 79.9. The highest BCUT2D eigenvalue weighted by Gasteiger charge is 2.27. The van der Waals surface area contributed by atoms with Crippen LogP contribution in [0.5, 0.6) is 5.75 Å². The zero-order chi connectivity index (χ0) is 12.3. The molecule has 0 spiro atoms. The Morgan fingerprint density at radius 1 is 1.47 bits per heavy atom. The predicted molar refractivity (Wildman–Crippen MR) is 71.3 cm³/mol. The molecule has 2 rings (SSSR count). The first-order chi connectivity index (χ1) is 8.07. The Hall–Kier alpha value is -0.580. The zero-order valence-corrected chi connectivity index (χ0v) is 11.5. The van der Waals surface area contributed by atoms with E-state index in [-0.39, 0.29) is 6.61 Å². The lowest BCUT2D eigenvalue weighted by Gasteiger charge is -2.24. The van der Waals surface area contributed by atoms with Gasteiger partial charge in [-0.05, 0) is 47.8 Å². The molecular formula is C13H18BrNO2. The number of benzene rings is 1. The Morgan fingerprint density at radius 2 is 2.18 bits per heavy atom. The number of aliphatic hydroxyl groups is 1. The minimum Gasteiger partial charge on any atom is -0.489 e. The van der Waals surface area contributed by atoms with Gasteiger partial charge in [0.25, 0.3) is 0 Å². The maximum atomic E-state index is 10.1. The van der Waals surface area contributed by atoms with Crippen LogP contribution in [-0.4, -0.2) is 29.9 Å². The molecule has 2 N–H and O–H groups in total. The van der Waals surface area contributed by atoms with Crippen LogP contribution < -0.4 is 10.1 Å². The van der Waals surface area contributed by atoms with Crippen molar-refractivity contribution in [1.82, 2.24) is 5.32 Å². The SMILES string of the molecule is CC(O)(CNC1CC1)COc1ccccc1Br. The van der Waals surface area contributed by atoms with Crippen LogP contribution in [-0.2, 0) is 0 Å². The van der Waals surface area contributed by atoms with Crippen LogP contribution in [0, 0.1) is 0 Å². The largest absolute Gasteiger partial charge is 0.489 e. The molecule has 4 heteroatoms. The Balaban J connectivity index is 1.81. The Kier molecular flexibility index (Phi) is 4.07. The van der Waals surface area contributed by atoms with Crippen molar-refractivity contribution in [2.75, 3.05) is 13.2 Å². The lowest BCUT2D eigenvalue weighted by atomic mass is 10.1. The Morgan fingerprint density at radius 3 is 2.82 bits per heavy atom. The average molecular weight is 300 g/mol. The molecule has 17 heavy (non-hydrogen) atoms. The number of hydrogen-bond donors (Lipinski definition) is 2. The summed E-state index contributed by atoms with van der Waals surface area (Å²) >= 11 is 3.41. The Bertz CT molecular complexity index is 377. The maximum absolute atomic E-state index is 10.1. The fourth-order valence-electron chi connectivity index (χ4n) is 1.50. The second-order valence-electron chi connectivity index (χ2n) is 4.87. The molecule has 0 bridgehead atoms. The lowest BCUT2D eigenvalue weighted by Crippen LogP contribution is -2.43. The molecule has 3 nitrogen and oxygen atoms in total. The van der Waals surface area contributed by atoms with Gasteiger partial charge in [-0.1, -0.05) is 12.1 Å². The molecule has 1 aliphatic carbocycles. The minimum absolute atomic E-state index is 0.287. The Labute approximate surface area is 110 Å². The van der Waals surface area contributed by atoms with Gasteiger partial charge in [0.1, 0.15) is 18.0 Å². The third-order valence-electron chi connectivity index (χ3n) is 2.72. The second kappa shape index (κ2) is 5.38. The van der Waals surface area contributed by atoms with Gasteiger partial charge in [0.15, 0.2) is 0 Å². The van der Waals surface area contributed by atoms with Gasteiger partial charge in [0.2, 0.25) is 0 Å². The summed E-state index contributed by atoms with van der Waals surface area (Å²) in [5.41, 5.74) is -0.835. The van der Waals surface area contributed by atoms with Gasteiger partial charge < -0.3 is 15.2 Å². The normalized spacial score (nSPS) is 18.8. The number of ether oxygens (including phenoxy) is 1. The summed E-state index contributed by atoms with van der Waals surface area (Å²) in [5, 5.41) is 13.4. The summed E-state index contributed by atoms with van der Waals surface area (Å²) in [4.78, 5) is 0. The van der Waals surface area contributed by atoms with E-state index in [4.69, 9.17) is 4.74 Å². The maximum Gasteiger partial charge on any atom is 0.133 e. The molecule has 1 fully saturated rings. The van der Waals surface area contributed by atoms with Crippen LogP contribution in [0.1, 0.15) is 19.8 Å². The molecule has 1 aliphatic rings. The van der Waals surface area contributed by atoms with Crippen LogP contribution >= 0.6 is 15.9 Å². The summed E-state index contributed by atoms with van der Waals surface area (Å²) in [7, 11) is 0. The molecule has 0 amide bonds. The van der Waals surface area contributed by atoms with Crippen LogP contribution in [0.25, 0.3) is 0 Å². The van der Waals surface area contributed by atoms with Crippen molar-refractivity contribution in [2.45, 2.75) is 31.4 Å². The second-order valence-corrected chi connectivity index (χ2v) is 5.73. The topological polar surface area (TPSA) is 41.5 Å². The molecule has 1 saturated carbocycles. The molecular weight excluding hydrogens is 282 g/mol. The average Bonchev–Trinajstić information content (AvgIpc) is 3.09. The minimum atomic E-state index is -0.835. The summed E-state index contributed by atoms with van der Waals surface area (Å²) in [5.74, 6) is 0.763. The molecule has 94 valence electrons. The number of hydrogen-bond acceptors (Lipinski definition) is 3. The summed E-state index contributed by atoms with van der Waals surface area (Å²) < 4.78 is 6.53. The molecule has 0 saturated heterocycles. The smallest absolute Gasteiger partial charge is 0.133 e. The third kappa shape index (κ3) is 4.30. The molecule has 0 radical (unpaired) electrons. The van der Waals surface area contributed by atoms with Crippen molar-refractivity contribution >= 4 is 15.9 Å². The summed E-state index contributed by atoms with van der Waals surface area (Å²) in [6.07, 6.45) is 2.45. The first kappa shape index (κ1) is 12.9. The van der Waals surface area contributed by atoms with Crippen molar-refractivity contribution in [2.24, 2.45) is 0 Å².